The molecule has 0 spiro atoms. The molecule has 0 aromatic carbocycles. The van der Waals surface area contributed by atoms with Crippen molar-refractivity contribution in [3.63, 3.8) is 0 Å². The predicted molar refractivity (Wildman–Crippen MR) is 42.8 cm³/mol. The van der Waals surface area contributed by atoms with Crippen LogP contribution in [0, 0.1) is 5.41 Å². The molecule has 2 N–H and O–H groups in total. The second-order valence-electron chi connectivity index (χ2n) is 1.65. The maximum atomic E-state index is 6.68. The monoisotopic (exact) mass is 199 g/mol. The van der Waals surface area contributed by atoms with Crippen LogP contribution in [0.4, 0.5) is 0 Å². The van der Waals surface area contributed by atoms with Gasteiger partial charge in [0.2, 0.25) is 0 Å². The molecule has 0 aliphatic carbocycles. The summed E-state index contributed by atoms with van der Waals surface area (Å²) in [5, 5.41) is 6.68. The Morgan fingerprint density at radius 1 is 1.70 bits per heavy atom. The molecule has 1 aromatic heterocycles. The lowest BCUT2D eigenvalue weighted by atomic mass is 10.5. The molecule has 0 saturated carbocycles. The number of hydrogen-bond acceptors (Lipinski definition) is 1. The third-order valence-corrected chi connectivity index (χ3v) is 1.45. The van der Waals surface area contributed by atoms with Crippen molar-refractivity contribution in [3.05, 3.63) is 28.3 Å². The molecule has 0 aliphatic rings. The Morgan fingerprint density at radius 3 is 3.10 bits per heavy atom. The van der Waals surface area contributed by atoms with Gasteiger partial charge in [0.1, 0.15) is 11.8 Å². The normalized spacial score (nSPS) is 11.5. The van der Waals surface area contributed by atoms with Crippen LogP contribution in [0.25, 0.3) is 0 Å². The summed E-state index contributed by atoms with van der Waals surface area (Å²) < 4.78 is 0.951. The number of nitrogens with zero attached hydrogens (tertiary/aromatic N) is 1. The second-order valence-corrected chi connectivity index (χ2v) is 2.57. The minimum absolute atomic E-state index is 0.671. The van der Waals surface area contributed by atoms with Gasteiger partial charge in [-0.2, -0.15) is 0 Å². The lowest BCUT2D eigenvalue weighted by Crippen LogP contribution is -2.04. The van der Waals surface area contributed by atoms with Crippen molar-refractivity contribution in [2.45, 2.75) is 0 Å². The van der Waals surface area contributed by atoms with Crippen molar-refractivity contribution >= 4 is 22.3 Å². The number of pyridine rings is 1. The van der Waals surface area contributed by atoms with Crippen molar-refractivity contribution < 1.29 is 0 Å². The summed E-state index contributed by atoms with van der Waals surface area (Å²) in [6.07, 6.45) is 2.75. The smallest absolute Gasteiger partial charge is 0.132 e. The minimum Gasteiger partial charge on any atom is -0.347 e. The van der Waals surface area contributed by atoms with Gasteiger partial charge in [-0.1, -0.05) is 15.9 Å². The van der Waals surface area contributed by atoms with Gasteiger partial charge in [0.25, 0.3) is 0 Å². The zero-order chi connectivity index (χ0) is 7.40. The van der Waals surface area contributed by atoms with Crippen LogP contribution in [0.3, 0.4) is 0 Å². The van der Waals surface area contributed by atoms with Crippen LogP contribution in [0.2, 0.25) is 0 Å². The zero-order valence-electron chi connectivity index (χ0n) is 5.13. The van der Waals surface area contributed by atoms with Crippen molar-refractivity contribution in [3.8, 4) is 0 Å². The van der Waals surface area contributed by atoms with Crippen LogP contribution in [0.15, 0.2) is 27.8 Å². The molecule has 0 unspecified atom stereocenters. The maximum Gasteiger partial charge on any atom is 0.132 e. The summed E-state index contributed by atoms with van der Waals surface area (Å²) in [5.41, 5.74) is 0.671. The van der Waals surface area contributed by atoms with E-state index in [1.54, 1.807) is 12.3 Å². The Labute approximate surface area is 66.5 Å². The molecule has 3 nitrogen and oxygen atoms in total. The van der Waals surface area contributed by atoms with Gasteiger partial charge >= 0.3 is 0 Å². The molecule has 0 atom stereocenters. The SMILES string of the molecule is N=C/N=c1/cc(Br)cc[nH]1. The van der Waals surface area contributed by atoms with Crippen LogP contribution in [0.1, 0.15) is 0 Å². The molecule has 0 amide bonds. The number of H-pyrrole nitrogens is 1. The average Bonchev–Trinajstić information content (AvgIpc) is 1.88. The topological polar surface area (TPSA) is 52.0 Å². The number of hydrogen-bond donors (Lipinski definition) is 2. The summed E-state index contributed by atoms with van der Waals surface area (Å²) >= 11 is 3.28. The first-order chi connectivity index (χ1) is 4.83. The van der Waals surface area contributed by atoms with E-state index in [0.717, 1.165) is 10.8 Å². The Hall–Kier alpha value is -0.900. The molecule has 52 valence electrons. The van der Waals surface area contributed by atoms with Crippen LogP contribution in [0.5, 0.6) is 0 Å². The highest BCUT2D eigenvalue weighted by atomic mass is 79.9. The first-order valence-corrected chi connectivity index (χ1v) is 3.49. The molecular weight excluding hydrogens is 194 g/mol. The summed E-state index contributed by atoms with van der Waals surface area (Å²) in [5.74, 6) is 0. The number of aromatic nitrogens is 1. The van der Waals surface area contributed by atoms with Gasteiger partial charge in [0.05, 0.1) is 0 Å². The minimum atomic E-state index is 0.671. The van der Waals surface area contributed by atoms with E-state index in [4.69, 9.17) is 5.41 Å². The highest BCUT2D eigenvalue weighted by molar-refractivity contribution is 9.10. The highest BCUT2D eigenvalue weighted by Crippen LogP contribution is 2.01. The van der Waals surface area contributed by atoms with Crippen LogP contribution in [-0.4, -0.2) is 11.3 Å². The maximum absolute atomic E-state index is 6.68. The zero-order valence-corrected chi connectivity index (χ0v) is 6.72. The average molecular weight is 200 g/mol. The number of aromatic amines is 1. The fraction of sp³-hybridized carbons (Fsp3) is 0. The van der Waals surface area contributed by atoms with E-state index in [1.165, 1.54) is 0 Å². The Kier molecular flexibility index (Phi) is 2.39. The molecule has 0 fully saturated rings. The van der Waals surface area contributed by atoms with Gasteiger partial charge < -0.3 is 4.98 Å². The third-order valence-electron chi connectivity index (χ3n) is 0.952. The van der Waals surface area contributed by atoms with Gasteiger partial charge in [-0.05, 0) is 12.1 Å². The largest absolute Gasteiger partial charge is 0.347 e. The van der Waals surface area contributed by atoms with Crippen molar-refractivity contribution in [2.75, 3.05) is 0 Å². The van der Waals surface area contributed by atoms with Crippen molar-refractivity contribution in [1.82, 2.24) is 4.98 Å². The molecule has 0 radical (unpaired) electrons. The quantitative estimate of drug-likeness (QED) is 0.506. The standard InChI is InChI=1S/C6H6BrN3/c7-5-1-2-9-6(3-5)10-4-8/h1-4H,(H2,8,9,10). The molecule has 0 saturated heterocycles. The number of halogens is 1. The van der Waals surface area contributed by atoms with E-state index in [-0.39, 0.29) is 0 Å². The molecule has 1 rings (SSSR count). The van der Waals surface area contributed by atoms with Gasteiger partial charge in [0, 0.05) is 10.7 Å². The predicted octanol–water partition coefficient (Wildman–Crippen LogP) is 1.28. The number of nitrogens with one attached hydrogen (secondary N) is 2. The van der Waals surface area contributed by atoms with Crippen LogP contribution < -0.4 is 5.49 Å². The molecule has 1 aromatic rings. The fourth-order valence-electron chi connectivity index (χ4n) is 0.571. The van der Waals surface area contributed by atoms with Gasteiger partial charge in [-0.25, -0.2) is 4.99 Å². The lowest BCUT2D eigenvalue weighted by Gasteiger charge is -1.86. The first kappa shape index (κ1) is 7.21. The summed E-state index contributed by atoms with van der Waals surface area (Å²) in [6.45, 7) is 0. The molecule has 10 heavy (non-hydrogen) atoms. The fourth-order valence-corrected chi connectivity index (χ4v) is 0.920. The summed E-state index contributed by atoms with van der Waals surface area (Å²) in [6, 6.07) is 3.66. The van der Waals surface area contributed by atoms with E-state index in [2.05, 4.69) is 25.9 Å². The molecule has 4 heteroatoms. The van der Waals surface area contributed by atoms with E-state index in [9.17, 15) is 0 Å². The Bertz CT molecular complexity index is 289. The van der Waals surface area contributed by atoms with Gasteiger partial charge in [0.15, 0.2) is 0 Å². The van der Waals surface area contributed by atoms with E-state index >= 15 is 0 Å². The van der Waals surface area contributed by atoms with E-state index in [0.29, 0.717) is 5.49 Å². The van der Waals surface area contributed by atoms with Crippen LogP contribution in [-0.2, 0) is 0 Å². The van der Waals surface area contributed by atoms with E-state index in [1.807, 2.05) is 6.07 Å². The molecule has 0 bridgehead atoms. The number of rotatable bonds is 1. The highest BCUT2D eigenvalue weighted by Gasteiger charge is 1.81. The van der Waals surface area contributed by atoms with E-state index < -0.39 is 0 Å². The molecular formula is C6H6BrN3. The Morgan fingerprint density at radius 2 is 2.50 bits per heavy atom. The second kappa shape index (κ2) is 3.31. The molecule has 1 heterocycles. The summed E-state index contributed by atoms with van der Waals surface area (Å²) in [7, 11) is 0. The van der Waals surface area contributed by atoms with Crippen LogP contribution >= 0.6 is 15.9 Å². The van der Waals surface area contributed by atoms with Crippen molar-refractivity contribution in [1.29, 1.82) is 5.41 Å². The Balaban J connectivity index is 3.19. The van der Waals surface area contributed by atoms with Crippen molar-refractivity contribution in [2.24, 2.45) is 4.99 Å². The van der Waals surface area contributed by atoms with Gasteiger partial charge in [-0.3, -0.25) is 5.41 Å². The lowest BCUT2D eigenvalue weighted by molar-refractivity contribution is 1.16. The van der Waals surface area contributed by atoms with Gasteiger partial charge in [-0.15, -0.1) is 0 Å². The molecule has 0 aliphatic heterocycles. The first-order valence-electron chi connectivity index (χ1n) is 2.70. The summed E-state index contributed by atoms with van der Waals surface area (Å²) in [4.78, 5) is 6.59. The third kappa shape index (κ3) is 1.80.